The lowest BCUT2D eigenvalue weighted by atomic mass is 10.1. The monoisotopic (exact) mass is 407 g/mol. The van der Waals surface area contributed by atoms with Crippen LogP contribution >= 0.6 is 12.2 Å². The van der Waals surface area contributed by atoms with Gasteiger partial charge in [0.05, 0.1) is 17.0 Å². The fraction of sp³-hybridized carbons (Fsp3) is 0.316. The molecule has 1 aromatic carbocycles. The molecule has 1 aliphatic heterocycles. The lowest BCUT2D eigenvalue weighted by molar-refractivity contribution is -0.137. The largest absolute Gasteiger partial charge is 0.416 e. The summed E-state index contributed by atoms with van der Waals surface area (Å²) in [5.74, 6) is 0. The highest BCUT2D eigenvalue weighted by molar-refractivity contribution is 7.80. The SMILES string of the molecule is C/C(=N/NC(=S)N1CCN(c2cccc(C(F)(F)F)c2)CC1)c1ccccn1. The number of rotatable bonds is 3. The van der Waals surface area contributed by atoms with Gasteiger partial charge in [0, 0.05) is 38.1 Å². The van der Waals surface area contributed by atoms with Crippen molar-refractivity contribution in [2.24, 2.45) is 5.10 Å². The van der Waals surface area contributed by atoms with Crippen LogP contribution in [0.2, 0.25) is 0 Å². The highest BCUT2D eigenvalue weighted by Crippen LogP contribution is 2.31. The van der Waals surface area contributed by atoms with Gasteiger partial charge in [-0.3, -0.25) is 10.4 Å². The van der Waals surface area contributed by atoms with Crippen LogP contribution in [0.4, 0.5) is 18.9 Å². The minimum Gasteiger partial charge on any atom is -0.368 e. The number of nitrogens with zero attached hydrogens (tertiary/aromatic N) is 4. The lowest BCUT2D eigenvalue weighted by Gasteiger charge is -2.37. The van der Waals surface area contributed by atoms with E-state index in [9.17, 15) is 13.2 Å². The second kappa shape index (κ2) is 8.55. The Kier molecular flexibility index (Phi) is 6.13. The predicted molar refractivity (Wildman–Crippen MR) is 107 cm³/mol. The molecule has 0 aliphatic carbocycles. The van der Waals surface area contributed by atoms with Crippen molar-refractivity contribution in [3.63, 3.8) is 0 Å². The summed E-state index contributed by atoms with van der Waals surface area (Å²) < 4.78 is 38.7. The number of benzene rings is 1. The number of anilines is 1. The maximum Gasteiger partial charge on any atom is 0.416 e. The van der Waals surface area contributed by atoms with E-state index in [-0.39, 0.29) is 0 Å². The van der Waals surface area contributed by atoms with Gasteiger partial charge in [-0.15, -0.1) is 0 Å². The van der Waals surface area contributed by atoms with Crippen molar-refractivity contribution in [2.45, 2.75) is 13.1 Å². The molecule has 28 heavy (non-hydrogen) atoms. The average Bonchev–Trinajstić information content (AvgIpc) is 2.72. The maximum atomic E-state index is 12.9. The van der Waals surface area contributed by atoms with Crippen LogP contribution in [0.1, 0.15) is 18.2 Å². The molecular weight excluding hydrogens is 387 g/mol. The first-order chi connectivity index (χ1) is 13.3. The molecule has 0 saturated carbocycles. The predicted octanol–water partition coefficient (Wildman–Crippen LogP) is 3.52. The highest BCUT2D eigenvalue weighted by atomic mass is 32.1. The van der Waals surface area contributed by atoms with Gasteiger partial charge in [0.15, 0.2) is 5.11 Å². The van der Waals surface area contributed by atoms with Crippen LogP contribution in [-0.2, 0) is 6.18 Å². The van der Waals surface area contributed by atoms with E-state index < -0.39 is 11.7 Å². The minimum absolute atomic E-state index is 0.485. The van der Waals surface area contributed by atoms with Gasteiger partial charge in [-0.25, -0.2) is 0 Å². The fourth-order valence-electron chi connectivity index (χ4n) is 2.88. The van der Waals surface area contributed by atoms with Gasteiger partial charge in [0.25, 0.3) is 0 Å². The number of aromatic nitrogens is 1. The second-order valence-electron chi connectivity index (χ2n) is 6.35. The third-order valence-corrected chi connectivity index (χ3v) is 4.81. The quantitative estimate of drug-likeness (QED) is 0.479. The third kappa shape index (κ3) is 4.98. The third-order valence-electron chi connectivity index (χ3n) is 4.46. The van der Waals surface area contributed by atoms with Crippen molar-refractivity contribution in [1.29, 1.82) is 0 Å². The van der Waals surface area contributed by atoms with Gasteiger partial charge in [-0.1, -0.05) is 12.1 Å². The van der Waals surface area contributed by atoms with Crippen molar-refractivity contribution in [3.05, 3.63) is 59.9 Å². The Bertz CT molecular complexity index is 846. The number of halogens is 3. The topological polar surface area (TPSA) is 43.8 Å². The average molecular weight is 407 g/mol. The summed E-state index contributed by atoms with van der Waals surface area (Å²) in [5.41, 5.74) is 4.27. The van der Waals surface area contributed by atoms with E-state index in [1.165, 1.54) is 12.1 Å². The van der Waals surface area contributed by atoms with Gasteiger partial charge in [0.1, 0.15) is 0 Å². The zero-order valence-electron chi connectivity index (χ0n) is 15.3. The van der Waals surface area contributed by atoms with E-state index >= 15 is 0 Å². The molecule has 2 heterocycles. The van der Waals surface area contributed by atoms with E-state index in [1.54, 1.807) is 12.3 Å². The summed E-state index contributed by atoms with van der Waals surface area (Å²) in [6, 6.07) is 11.0. The Morgan fingerprint density at radius 2 is 1.86 bits per heavy atom. The van der Waals surface area contributed by atoms with Crippen LogP contribution in [0.5, 0.6) is 0 Å². The molecular formula is C19H20F3N5S. The number of hydrogen-bond acceptors (Lipinski definition) is 4. The fourth-order valence-corrected chi connectivity index (χ4v) is 3.11. The van der Waals surface area contributed by atoms with Crippen molar-refractivity contribution >= 4 is 28.7 Å². The van der Waals surface area contributed by atoms with Crippen LogP contribution in [0, 0.1) is 0 Å². The molecule has 0 atom stereocenters. The molecule has 1 aliphatic rings. The summed E-state index contributed by atoms with van der Waals surface area (Å²) in [6.45, 7) is 4.18. The molecule has 1 aromatic heterocycles. The molecule has 3 rings (SSSR count). The lowest BCUT2D eigenvalue weighted by Crippen LogP contribution is -2.51. The summed E-state index contributed by atoms with van der Waals surface area (Å²) in [5, 5.41) is 4.75. The Balaban J connectivity index is 1.56. The zero-order valence-corrected chi connectivity index (χ0v) is 16.1. The van der Waals surface area contributed by atoms with Crippen LogP contribution in [-0.4, -0.2) is 46.9 Å². The molecule has 5 nitrogen and oxygen atoms in total. The molecule has 0 unspecified atom stereocenters. The molecule has 1 fully saturated rings. The molecule has 0 bridgehead atoms. The van der Waals surface area contributed by atoms with Crippen LogP contribution in [0.15, 0.2) is 53.8 Å². The first-order valence-corrected chi connectivity index (χ1v) is 9.18. The van der Waals surface area contributed by atoms with E-state index in [0.29, 0.717) is 42.7 Å². The number of thiocarbonyl (C=S) groups is 1. The molecule has 0 radical (unpaired) electrons. The molecule has 9 heteroatoms. The van der Waals surface area contributed by atoms with E-state index in [0.717, 1.165) is 11.8 Å². The molecule has 1 saturated heterocycles. The maximum absolute atomic E-state index is 12.9. The van der Waals surface area contributed by atoms with Crippen molar-refractivity contribution in [3.8, 4) is 0 Å². The summed E-state index contributed by atoms with van der Waals surface area (Å²) in [7, 11) is 0. The second-order valence-corrected chi connectivity index (χ2v) is 6.74. The van der Waals surface area contributed by atoms with Crippen molar-refractivity contribution < 1.29 is 13.2 Å². The van der Waals surface area contributed by atoms with Crippen LogP contribution in [0.3, 0.4) is 0 Å². The summed E-state index contributed by atoms with van der Waals surface area (Å²) in [4.78, 5) is 8.10. The number of pyridine rings is 1. The first-order valence-electron chi connectivity index (χ1n) is 8.77. The van der Waals surface area contributed by atoms with Crippen LogP contribution < -0.4 is 10.3 Å². The van der Waals surface area contributed by atoms with Crippen LogP contribution in [0.25, 0.3) is 0 Å². The first kappa shape index (κ1) is 20.1. The molecule has 0 amide bonds. The van der Waals surface area contributed by atoms with E-state index in [4.69, 9.17) is 12.2 Å². The molecule has 148 valence electrons. The number of hydrazone groups is 1. The van der Waals surface area contributed by atoms with Gasteiger partial charge >= 0.3 is 6.18 Å². The van der Waals surface area contributed by atoms with Gasteiger partial charge in [0.2, 0.25) is 0 Å². The van der Waals surface area contributed by atoms with Gasteiger partial charge in [-0.05, 0) is 49.5 Å². The standard InChI is InChI=1S/C19H20F3N5S/c1-14(17-7-2-3-8-23-17)24-25-18(28)27-11-9-26(10-12-27)16-6-4-5-15(13-16)19(20,21)22/h2-8,13H,9-12H2,1H3,(H,25,28)/b24-14-. The minimum atomic E-state index is -4.34. The normalized spacial score (nSPS) is 15.5. The summed E-state index contributed by atoms with van der Waals surface area (Å²) in [6.07, 6.45) is -2.65. The van der Waals surface area contributed by atoms with Crippen molar-refractivity contribution in [2.75, 3.05) is 31.1 Å². The highest BCUT2D eigenvalue weighted by Gasteiger charge is 2.31. The molecule has 0 spiro atoms. The smallest absolute Gasteiger partial charge is 0.368 e. The molecule has 2 aromatic rings. The van der Waals surface area contributed by atoms with Gasteiger partial charge in [-0.2, -0.15) is 18.3 Å². The number of nitrogens with one attached hydrogen (secondary N) is 1. The molecule has 1 N–H and O–H groups in total. The number of hydrogen-bond donors (Lipinski definition) is 1. The Morgan fingerprint density at radius 3 is 2.50 bits per heavy atom. The van der Waals surface area contributed by atoms with Crippen molar-refractivity contribution in [1.82, 2.24) is 15.3 Å². The zero-order chi connectivity index (χ0) is 20.1. The Morgan fingerprint density at radius 1 is 1.11 bits per heavy atom. The summed E-state index contributed by atoms with van der Waals surface area (Å²) >= 11 is 5.39. The Labute approximate surface area is 166 Å². The Hall–Kier alpha value is -2.68. The van der Waals surface area contributed by atoms with E-state index in [1.807, 2.05) is 34.9 Å². The van der Waals surface area contributed by atoms with Gasteiger partial charge < -0.3 is 9.80 Å². The number of piperazine rings is 1. The number of alkyl halides is 3. The van der Waals surface area contributed by atoms with E-state index in [2.05, 4.69) is 15.5 Å².